The molecule has 41 heavy (non-hydrogen) atoms. The zero-order valence-corrected chi connectivity index (χ0v) is 22.9. The number of benzene rings is 3. The van der Waals surface area contributed by atoms with E-state index < -0.39 is 15.8 Å². The van der Waals surface area contributed by atoms with E-state index in [1.807, 2.05) is 30.3 Å². The molecule has 0 bridgehead atoms. The zero-order chi connectivity index (χ0) is 28.8. The van der Waals surface area contributed by atoms with Gasteiger partial charge in [0.2, 0.25) is 0 Å². The highest BCUT2D eigenvalue weighted by molar-refractivity contribution is 7.90. The van der Waals surface area contributed by atoms with Gasteiger partial charge in [0.05, 0.1) is 16.3 Å². The normalized spacial score (nSPS) is 12.0. The van der Waals surface area contributed by atoms with Crippen LogP contribution in [0.2, 0.25) is 0 Å². The Balaban J connectivity index is 1.69. The van der Waals surface area contributed by atoms with Crippen LogP contribution in [0.3, 0.4) is 0 Å². The molecule has 0 aliphatic carbocycles. The second-order valence-corrected chi connectivity index (χ2v) is 11.0. The predicted molar refractivity (Wildman–Crippen MR) is 158 cm³/mol. The number of rotatable bonds is 11. The summed E-state index contributed by atoms with van der Waals surface area (Å²) in [5.74, 6) is -0.419. The number of aliphatic hydroxyl groups is 1. The van der Waals surface area contributed by atoms with Gasteiger partial charge in [-0.2, -0.15) is 5.10 Å². The first kappa shape index (κ1) is 27.9. The molecule has 0 fully saturated rings. The van der Waals surface area contributed by atoms with E-state index in [4.69, 9.17) is 5.11 Å². The Bertz CT molecular complexity index is 1800. The van der Waals surface area contributed by atoms with E-state index in [0.717, 1.165) is 0 Å². The van der Waals surface area contributed by atoms with Crippen molar-refractivity contribution < 1.29 is 17.9 Å². The van der Waals surface area contributed by atoms with E-state index in [0.29, 0.717) is 47.2 Å². The Morgan fingerprint density at radius 1 is 0.951 bits per heavy atom. The highest BCUT2D eigenvalue weighted by Crippen LogP contribution is 2.33. The van der Waals surface area contributed by atoms with Crippen LogP contribution < -0.4 is 5.43 Å². The van der Waals surface area contributed by atoms with Gasteiger partial charge in [-0.3, -0.25) is 5.41 Å². The molecule has 3 aromatic carbocycles. The molecule has 0 amide bonds. The highest BCUT2D eigenvalue weighted by Gasteiger charge is 2.27. The first-order valence-electron chi connectivity index (χ1n) is 13.0. The molecular weight excluding hydrogens is 541 g/mol. The topological polar surface area (TPSA) is 120 Å². The number of hydrogen-bond donors (Lipinski definition) is 3. The Labute approximate surface area is 237 Å². The quantitative estimate of drug-likeness (QED) is 0.115. The van der Waals surface area contributed by atoms with Crippen LogP contribution in [-0.4, -0.2) is 47.1 Å². The first-order chi connectivity index (χ1) is 19.9. The number of unbranched alkanes of at least 4 members (excludes halogenated alkanes) is 1. The minimum Gasteiger partial charge on any atom is -0.396 e. The molecule has 0 aliphatic rings. The summed E-state index contributed by atoms with van der Waals surface area (Å²) in [6.07, 6.45) is 2.74. The van der Waals surface area contributed by atoms with Crippen LogP contribution in [-0.2, 0) is 10.0 Å². The van der Waals surface area contributed by atoms with Gasteiger partial charge in [0.25, 0.3) is 10.0 Å². The van der Waals surface area contributed by atoms with Gasteiger partial charge in [-0.25, -0.2) is 21.8 Å². The fraction of sp³-hybridized carbons (Fsp3) is 0.129. The van der Waals surface area contributed by atoms with Gasteiger partial charge in [-0.1, -0.05) is 48.5 Å². The molecular formula is C31H28FN5O3S. The summed E-state index contributed by atoms with van der Waals surface area (Å²) in [7, 11) is -4.06. The van der Waals surface area contributed by atoms with Crippen LogP contribution in [0.4, 0.5) is 4.39 Å². The zero-order valence-electron chi connectivity index (χ0n) is 22.0. The lowest BCUT2D eigenvalue weighted by Gasteiger charge is -2.13. The second kappa shape index (κ2) is 12.2. The molecule has 0 saturated carbocycles. The summed E-state index contributed by atoms with van der Waals surface area (Å²) in [5.41, 5.74) is 5.37. The third-order valence-electron chi connectivity index (χ3n) is 6.52. The Kier molecular flexibility index (Phi) is 8.32. The van der Waals surface area contributed by atoms with Gasteiger partial charge in [0, 0.05) is 35.9 Å². The molecule has 0 unspecified atom stereocenters. The fourth-order valence-electron chi connectivity index (χ4n) is 4.50. The van der Waals surface area contributed by atoms with Crippen LogP contribution in [0.15, 0.2) is 113 Å². The van der Waals surface area contributed by atoms with E-state index in [-0.39, 0.29) is 28.6 Å². The summed E-state index contributed by atoms with van der Waals surface area (Å²) in [6.45, 7) is 0.530. The molecule has 8 nitrogen and oxygen atoms in total. The van der Waals surface area contributed by atoms with Crippen LogP contribution >= 0.6 is 0 Å². The standard InChI is InChI=1S/C31H28FN5O3S/c32-24-15-13-23(14-16-24)30(36-35-18-7-8-20-38)29(33)26-17-19-34-31-27(26)21-28(22-9-3-1-4-10-22)37(31)41(39,40)25-11-5-2-6-12-25/h1-6,9-17,19,21,33,35,38H,7-8,18,20H2/b33-29?,36-30-. The van der Waals surface area contributed by atoms with Crippen molar-refractivity contribution in [3.63, 3.8) is 0 Å². The molecule has 0 aliphatic heterocycles. The van der Waals surface area contributed by atoms with E-state index in [1.54, 1.807) is 30.3 Å². The smallest absolute Gasteiger partial charge is 0.269 e. The molecule has 2 heterocycles. The van der Waals surface area contributed by atoms with E-state index >= 15 is 0 Å². The maximum absolute atomic E-state index is 14.0. The van der Waals surface area contributed by atoms with Gasteiger partial charge in [0.15, 0.2) is 5.65 Å². The molecule has 208 valence electrons. The predicted octanol–water partition coefficient (Wildman–Crippen LogP) is 5.21. The molecule has 0 radical (unpaired) electrons. The number of fused-ring (bicyclic) bond motifs is 1. The van der Waals surface area contributed by atoms with Crippen LogP contribution in [0.5, 0.6) is 0 Å². The van der Waals surface area contributed by atoms with Crippen molar-refractivity contribution in [2.24, 2.45) is 5.10 Å². The van der Waals surface area contributed by atoms with Crippen LogP contribution in [0.1, 0.15) is 24.0 Å². The summed E-state index contributed by atoms with van der Waals surface area (Å²) in [6, 6.07) is 26.3. The summed E-state index contributed by atoms with van der Waals surface area (Å²) in [5, 5.41) is 23.2. The molecule has 5 rings (SSSR count). The Morgan fingerprint density at radius 3 is 2.32 bits per heavy atom. The number of hydrogen-bond acceptors (Lipinski definition) is 7. The van der Waals surface area contributed by atoms with E-state index in [2.05, 4.69) is 15.5 Å². The number of aromatic nitrogens is 2. The number of nitrogens with zero attached hydrogens (tertiary/aromatic N) is 3. The van der Waals surface area contributed by atoms with Crippen molar-refractivity contribution in [3.8, 4) is 11.3 Å². The number of nitrogens with one attached hydrogen (secondary N) is 2. The van der Waals surface area contributed by atoms with Crippen molar-refractivity contribution in [1.82, 2.24) is 14.4 Å². The van der Waals surface area contributed by atoms with Crippen LogP contribution in [0.25, 0.3) is 22.3 Å². The molecule has 0 spiro atoms. The molecule has 3 N–H and O–H groups in total. The molecule has 0 atom stereocenters. The molecule has 0 saturated heterocycles. The van der Waals surface area contributed by atoms with Crippen molar-refractivity contribution in [2.75, 3.05) is 13.2 Å². The third kappa shape index (κ3) is 5.79. The van der Waals surface area contributed by atoms with E-state index in [1.165, 1.54) is 46.6 Å². The van der Waals surface area contributed by atoms with Gasteiger partial charge < -0.3 is 10.5 Å². The van der Waals surface area contributed by atoms with Crippen molar-refractivity contribution in [1.29, 1.82) is 5.41 Å². The van der Waals surface area contributed by atoms with Crippen LogP contribution in [0, 0.1) is 11.2 Å². The van der Waals surface area contributed by atoms with Gasteiger partial charge >= 0.3 is 0 Å². The van der Waals surface area contributed by atoms with Crippen molar-refractivity contribution in [3.05, 3.63) is 120 Å². The average molecular weight is 570 g/mol. The second-order valence-electron chi connectivity index (χ2n) is 9.26. The Hall–Kier alpha value is -4.67. The molecule has 2 aromatic heterocycles. The maximum Gasteiger partial charge on any atom is 0.269 e. The van der Waals surface area contributed by atoms with E-state index in [9.17, 15) is 18.2 Å². The van der Waals surface area contributed by atoms with Crippen molar-refractivity contribution in [2.45, 2.75) is 17.7 Å². The van der Waals surface area contributed by atoms with Gasteiger partial charge in [0.1, 0.15) is 11.5 Å². The lowest BCUT2D eigenvalue weighted by Crippen LogP contribution is -2.21. The Morgan fingerprint density at radius 2 is 1.63 bits per heavy atom. The SMILES string of the molecule is N=C(/C(=N\NCCCCO)c1ccc(F)cc1)c1ccnc2c1cc(-c1ccccc1)n2S(=O)(=O)c1ccccc1. The van der Waals surface area contributed by atoms with Gasteiger partial charge in [-0.05, 0) is 66.9 Å². The fourth-order valence-corrected chi connectivity index (χ4v) is 6.00. The van der Waals surface area contributed by atoms with Crippen molar-refractivity contribution >= 4 is 32.5 Å². The largest absolute Gasteiger partial charge is 0.396 e. The number of pyridine rings is 1. The third-order valence-corrected chi connectivity index (χ3v) is 8.24. The lowest BCUT2D eigenvalue weighted by molar-refractivity contribution is 0.284. The molecule has 5 aromatic rings. The highest BCUT2D eigenvalue weighted by atomic mass is 32.2. The summed E-state index contributed by atoms with van der Waals surface area (Å²) in [4.78, 5) is 4.57. The number of hydrazone groups is 1. The molecule has 10 heteroatoms. The summed E-state index contributed by atoms with van der Waals surface area (Å²) >= 11 is 0. The average Bonchev–Trinajstić information content (AvgIpc) is 3.41. The number of aliphatic hydroxyl groups excluding tert-OH is 1. The first-order valence-corrected chi connectivity index (χ1v) is 14.5. The van der Waals surface area contributed by atoms with Gasteiger partial charge in [-0.15, -0.1) is 0 Å². The summed E-state index contributed by atoms with van der Waals surface area (Å²) < 4.78 is 42.9. The minimum atomic E-state index is -4.06. The minimum absolute atomic E-state index is 0.00698. The lowest BCUT2D eigenvalue weighted by atomic mass is 9.98. The number of halogens is 1. The monoisotopic (exact) mass is 569 g/mol. The maximum atomic E-state index is 14.0.